The van der Waals surface area contributed by atoms with Crippen LogP contribution in [0.25, 0.3) is 0 Å². The Balaban J connectivity index is 1.58. The van der Waals surface area contributed by atoms with Crippen LogP contribution in [-0.4, -0.2) is 100 Å². The molecule has 2 saturated heterocycles. The largest absolute Gasteiger partial charge is 0.477 e. The Morgan fingerprint density at radius 3 is 2.62 bits per heavy atom. The van der Waals surface area contributed by atoms with Gasteiger partial charge in [0.05, 0.1) is 15.8 Å². The number of carboxylic acid groups (broad SMARTS) is 1. The highest BCUT2D eigenvalue weighted by Gasteiger charge is 2.60. The van der Waals surface area contributed by atoms with Crippen molar-refractivity contribution >= 4 is 70.5 Å². The summed E-state index contributed by atoms with van der Waals surface area (Å²) in [4.78, 5) is 91.6. The number of rotatable bonds is 9. The molecule has 1 aromatic carbocycles. The molecule has 3 aliphatic heterocycles. The normalized spacial score (nSPS) is 21.5. The smallest absolute Gasteiger partial charge is 0.352 e. The number of imide groups is 1. The van der Waals surface area contributed by atoms with E-state index in [1.807, 2.05) is 0 Å². The lowest BCUT2D eigenvalue weighted by Gasteiger charge is -2.59. The fourth-order valence-electron chi connectivity index (χ4n) is 5.89. The number of likely N-dealkylation sites (N-methyl/N-ethyl adjacent to an activating group) is 1. The predicted molar refractivity (Wildman–Crippen MR) is 174 cm³/mol. The van der Waals surface area contributed by atoms with Crippen molar-refractivity contribution in [2.45, 2.75) is 41.6 Å². The number of hydrogen-bond acceptors (Lipinski definition) is 11. The molecule has 1 unspecified atom stereocenters. The Morgan fingerprint density at radius 1 is 1.23 bits per heavy atom. The molecule has 248 valence electrons. The fourth-order valence-corrected chi connectivity index (χ4v) is 8.73. The van der Waals surface area contributed by atoms with Crippen molar-refractivity contribution in [3.63, 3.8) is 0 Å². The van der Waals surface area contributed by atoms with Gasteiger partial charge in [-0.15, -0.1) is 16.9 Å². The Hall–Kier alpha value is -4.49. The Kier molecular flexibility index (Phi) is 9.33. The molecule has 2 fully saturated rings. The SMILES string of the molecule is CCN1CCN(C(=O)NC(C(N)=O)c2cccc(CSc3n[nH]c(=O)c(=O)n3C)c2[C@]2(C)C(=S)N3C(C(=O)O)=CCS[C@H]32)C(=O)C1=O. The Bertz CT molecular complexity index is 1880. The third kappa shape index (κ3) is 5.71. The number of aromatic amines is 1. The van der Waals surface area contributed by atoms with E-state index in [-0.39, 0.29) is 46.8 Å². The number of aromatic nitrogens is 3. The van der Waals surface area contributed by atoms with Crippen LogP contribution in [0.1, 0.15) is 36.6 Å². The summed E-state index contributed by atoms with van der Waals surface area (Å²) in [5, 5.41) is 18.2. The number of amides is 5. The number of H-pyrrole nitrogens is 1. The minimum atomic E-state index is -1.50. The van der Waals surface area contributed by atoms with Crippen LogP contribution in [0.4, 0.5) is 4.79 Å². The van der Waals surface area contributed by atoms with Gasteiger partial charge in [0.2, 0.25) is 5.91 Å². The first-order valence-corrected chi connectivity index (χ1v) is 16.7. The summed E-state index contributed by atoms with van der Waals surface area (Å²) in [7, 11) is 1.40. The molecule has 4 heterocycles. The lowest BCUT2D eigenvalue weighted by molar-refractivity contribution is -0.153. The molecule has 19 heteroatoms. The summed E-state index contributed by atoms with van der Waals surface area (Å²) in [6, 6.07) is 2.46. The van der Waals surface area contributed by atoms with E-state index in [1.54, 1.807) is 38.1 Å². The number of fused-ring (bicyclic) bond motifs is 1. The van der Waals surface area contributed by atoms with Gasteiger partial charge in [-0.2, -0.15) is 0 Å². The fraction of sp³-hybridized carbons (Fsp3) is 0.393. The highest BCUT2D eigenvalue weighted by molar-refractivity contribution is 8.00. The van der Waals surface area contributed by atoms with Crippen molar-refractivity contribution in [2.24, 2.45) is 12.8 Å². The van der Waals surface area contributed by atoms with E-state index >= 15 is 0 Å². The van der Waals surface area contributed by atoms with Crippen LogP contribution in [0.3, 0.4) is 0 Å². The van der Waals surface area contributed by atoms with Crippen LogP contribution in [0.15, 0.2) is 44.7 Å². The van der Waals surface area contributed by atoms with E-state index in [9.17, 15) is 38.7 Å². The minimum Gasteiger partial charge on any atom is -0.477 e. The average Bonchev–Trinajstić information content (AvgIpc) is 3.05. The van der Waals surface area contributed by atoms with Crippen molar-refractivity contribution in [3.8, 4) is 0 Å². The number of urea groups is 1. The Labute approximate surface area is 280 Å². The Morgan fingerprint density at radius 2 is 1.96 bits per heavy atom. The number of thiocarbonyl (C=S) groups is 1. The first kappa shape index (κ1) is 33.9. The highest BCUT2D eigenvalue weighted by Crippen LogP contribution is 2.54. The molecule has 0 spiro atoms. The molecule has 0 radical (unpaired) electrons. The predicted octanol–water partition coefficient (Wildman–Crippen LogP) is -0.370. The van der Waals surface area contributed by atoms with Crippen LogP contribution in [-0.2, 0) is 37.4 Å². The molecule has 0 bridgehead atoms. The molecule has 16 nitrogen and oxygen atoms in total. The molecule has 2 aromatic rings. The summed E-state index contributed by atoms with van der Waals surface area (Å²) in [6.07, 6.45) is 1.56. The second-order valence-electron chi connectivity index (χ2n) is 11.0. The van der Waals surface area contributed by atoms with Crippen LogP contribution in [0, 0.1) is 0 Å². The molecule has 0 aliphatic carbocycles. The first-order chi connectivity index (χ1) is 22.2. The lowest BCUT2D eigenvalue weighted by atomic mass is 9.69. The number of primary amides is 1. The third-order valence-electron chi connectivity index (χ3n) is 8.30. The van der Waals surface area contributed by atoms with E-state index in [0.717, 1.165) is 21.2 Å². The molecule has 1 aromatic heterocycles. The van der Waals surface area contributed by atoms with Crippen LogP contribution >= 0.6 is 35.7 Å². The van der Waals surface area contributed by atoms with Gasteiger partial charge in [-0.05, 0) is 36.6 Å². The van der Waals surface area contributed by atoms with Gasteiger partial charge in [0, 0.05) is 38.2 Å². The summed E-state index contributed by atoms with van der Waals surface area (Å²) >= 11 is 8.38. The van der Waals surface area contributed by atoms with Gasteiger partial charge in [0.25, 0.3) is 0 Å². The van der Waals surface area contributed by atoms with E-state index in [4.69, 9.17) is 18.0 Å². The second-order valence-corrected chi connectivity index (χ2v) is 13.4. The summed E-state index contributed by atoms with van der Waals surface area (Å²) in [6.45, 7) is 3.82. The van der Waals surface area contributed by atoms with Gasteiger partial charge in [-0.3, -0.25) is 33.4 Å². The van der Waals surface area contributed by atoms with Gasteiger partial charge in [0.1, 0.15) is 11.7 Å². The van der Waals surface area contributed by atoms with E-state index in [2.05, 4.69) is 15.5 Å². The molecular weight excluding hydrogens is 673 g/mol. The second kappa shape index (κ2) is 13.0. The molecule has 5 rings (SSSR count). The van der Waals surface area contributed by atoms with E-state index in [0.29, 0.717) is 16.9 Å². The number of carboxylic acids is 1. The number of nitrogens with one attached hydrogen (secondary N) is 2. The monoisotopic (exact) mass is 702 g/mol. The zero-order valence-electron chi connectivity index (χ0n) is 25.3. The maximum atomic E-state index is 13.4. The standard InChI is InChI=1S/C28H30N8O8S3/c1-4-34-9-10-35(22(41)21(34)40)26(44)30-17(18(29)37)14-7-5-6-13(12-47-27-32-31-19(38)20(39)33(27)3)16(14)28(2)24(45)36-15(23(42)43)8-11-46-25(28)36/h5-8,17,25H,4,9-12H2,1-3H3,(H2,29,37)(H,30,44)(H,31,38)(H,42,43)/t17?,25-,28+/m0/s1. The van der Waals surface area contributed by atoms with Crippen LogP contribution in [0.5, 0.6) is 0 Å². The molecular formula is C28H30N8O8S3. The van der Waals surface area contributed by atoms with E-state index in [1.165, 1.54) is 28.6 Å². The highest BCUT2D eigenvalue weighted by atomic mass is 32.2. The minimum absolute atomic E-state index is 0.0197. The maximum absolute atomic E-state index is 13.4. The van der Waals surface area contributed by atoms with Crippen molar-refractivity contribution in [3.05, 3.63) is 67.4 Å². The number of carbonyl (C=O) groups is 5. The van der Waals surface area contributed by atoms with Crippen molar-refractivity contribution in [1.82, 2.24) is 34.8 Å². The average molecular weight is 703 g/mol. The number of hydrogen-bond donors (Lipinski definition) is 4. The van der Waals surface area contributed by atoms with E-state index < -0.39 is 57.7 Å². The molecule has 0 saturated carbocycles. The number of aliphatic carboxylic acids is 1. The number of piperazine rings is 1. The molecule has 5 N–H and O–H groups in total. The number of nitrogens with two attached hydrogens (primary N) is 1. The number of thioether (sulfide) groups is 2. The molecule has 3 atom stereocenters. The maximum Gasteiger partial charge on any atom is 0.352 e. The third-order valence-corrected chi connectivity index (χ3v) is 11.4. The lowest BCUT2D eigenvalue weighted by Crippen LogP contribution is -2.69. The van der Waals surface area contributed by atoms with Gasteiger partial charge in [-0.25, -0.2) is 14.7 Å². The summed E-state index contributed by atoms with van der Waals surface area (Å²) < 4.78 is 1.09. The molecule has 3 aliphatic rings. The summed E-state index contributed by atoms with van der Waals surface area (Å²) in [5.41, 5.74) is 4.43. The number of nitrogens with zero attached hydrogens (tertiary/aromatic N) is 5. The zero-order chi connectivity index (χ0) is 34.4. The number of benzene rings is 1. The van der Waals surface area contributed by atoms with Crippen molar-refractivity contribution in [2.75, 3.05) is 25.4 Å². The van der Waals surface area contributed by atoms with Crippen LogP contribution in [0.2, 0.25) is 0 Å². The topological polar surface area (TPSA) is 221 Å². The van der Waals surface area contributed by atoms with Crippen molar-refractivity contribution in [1.29, 1.82) is 0 Å². The number of carbonyl (C=O) groups excluding carboxylic acids is 4. The zero-order valence-corrected chi connectivity index (χ0v) is 27.8. The quantitative estimate of drug-likeness (QED) is 0.149. The van der Waals surface area contributed by atoms with Crippen molar-refractivity contribution < 1.29 is 29.1 Å². The first-order valence-electron chi connectivity index (χ1n) is 14.2. The van der Waals surface area contributed by atoms with Gasteiger partial charge in [0.15, 0.2) is 5.16 Å². The van der Waals surface area contributed by atoms with Gasteiger partial charge < -0.3 is 26.0 Å². The molecule has 47 heavy (non-hydrogen) atoms. The summed E-state index contributed by atoms with van der Waals surface area (Å²) in [5.74, 6) is -3.51. The van der Waals surface area contributed by atoms with Crippen LogP contribution < -0.4 is 22.2 Å². The van der Waals surface area contributed by atoms with Gasteiger partial charge in [-0.1, -0.05) is 42.2 Å². The van der Waals surface area contributed by atoms with Gasteiger partial charge >= 0.3 is 34.9 Å². The molecule has 5 amide bonds.